The van der Waals surface area contributed by atoms with Gasteiger partial charge in [0.1, 0.15) is 0 Å². The van der Waals surface area contributed by atoms with E-state index in [2.05, 4.69) is 35.9 Å². The molecule has 3 rings (SSSR count). The molecule has 0 aliphatic rings. The van der Waals surface area contributed by atoms with Gasteiger partial charge in [-0.3, -0.25) is 10.1 Å². The predicted molar refractivity (Wildman–Crippen MR) is 59.4 cm³/mol. The summed E-state index contributed by atoms with van der Waals surface area (Å²) >= 11 is 0. The highest BCUT2D eigenvalue weighted by Crippen LogP contribution is 2.28. The number of nitrogens with zero attached hydrogens (tertiary/aromatic N) is 8. The first-order chi connectivity index (χ1) is 9.09. The standard InChI is InChI=1S/C6H5N11O2/c7-3-2(17(18)19)6-12-9-1(4(8)16(6)13-3)5-10-14-15-11-5/h8H2,(H2,7,13)(H,10,11,14,15). The van der Waals surface area contributed by atoms with Gasteiger partial charge in [0, 0.05) is 0 Å². The van der Waals surface area contributed by atoms with E-state index < -0.39 is 10.6 Å². The Balaban J connectivity index is 2.33. The summed E-state index contributed by atoms with van der Waals surface area (Å²) in [5.41, 5.74) is 10.7. The number of nitrogens with one attached hydrogen (secondary N) is 1. The number of hydrogen-bond acceptors (Lipinski definition) is 10. The number of aromatic nitrogens is 8. The van der Waals surface area contributed by atoms with E-state index in [1.165, 1.54) is 0 Å². The van der Waals surface area contributed by atoms with Gasteiger partial charge >= 0.3 is 5.69 Å². The zero-order chi connectivity index (χ0) is 13.6. The zero-order valence-electron chi connectivity index (χ0n) is 9.05. The van der Waals surface area contributed by atoms with Crippen molar-refractivity contribution < 1.29 is 4.92 Å². The van der Waals surface area contributed by atoms with Crippen molar-refractivity contribution in [1.82, 2.24) is 40.4 Å². The Kier molecular flexibility index (Phi) is 2.01. The number of nitrogen functional groups attached to an aromatic ring is 2. The summed E-state index contributed by atoms with van der Waals surface area (Å²) in [4.78, 5) is 10.1. The lowest BCUT2D eigenvalue weighted by molar-refractivity contribution is -0.382. The van der Waals surface area contributed by atoms with Gasteiger partial charge in [-0.25, -0.2) is 0 Å². The highest BCUT2D eigenvalue weighted by Gasteiger charge is 2.26. The third-order valence-corrected chi connectivity index (χ3v) is 2.32. The Hall–Kier alpha value is -3.38. The lowest BCUT2D eigenvalue weighted by Gasteiger charge is -2.00. The van der Waals surface area contributed by atoms with E-state index in [-0.39, 0.29) is 28.8 Å². The molecule has 0 saturated carbocycles. The number of H-pyrrole nitrogens is 1. The molecular weight excluding hydrogens is 258 g/mol. The number of anilines is 2. The Morgan fingerprint density at radius 3 is 2.68 bits per heavy atom. The summed E-state index contributed by atoms with van der Waals surface area (Å²) in [6.07, 6.45) is 0. The van der Waals surface area contributed by atoms with Crippen LogP contribution >= 0.6 is 0 Å². The highest BCUT2D eigenvalue weighted by atomic mass is 16.6. The number of nitrogens with two attached hydrogens (primary N) is 2. The molecule has 0 bridgehead atoms. The van der Waals surface area contributed by atoms with Crippen LogP contribution in [0.25, 0.3) is 17.2 Å². The van der Waals surface area contributed by atoms with Gasteiger partial charge in [0.05, 0.1) is 4.92 Å². The first kappa shape index (κ1) is 10.8. The van der Waals surface area contributed by atoms with E-state index in [0.29, 0.717) is 0 Å². The van der Waals surface area contributed by atoms with E-state index in [0.717, 1.165) is 4.52 Å². The maximum absolute atomic E-state index is 10.8. The molecule has 13 heteroatoms. The van der Waals surface area contributed by atoms with Crippen LogP contribution in [0.4, 0.5) is 17.3 Å². The van der Waals surface area contributed by atoms with E-state index in [9.17, 15) is 10.1 Å². The second-order valence-corrected chi connectivity index (χ2v) is 3.40. The van der Waals surface area contributed by atoms with Crippen molar-refractivity contribution in [1.29, 1.82) is 0 Å². The zero-order valence-corrected chi connectivity index (χ0v) is 9.05. The van der Waals surface area contributed by atoms with Gasteiger partial charge in [-0.05, 0) is 5.21 Å². The number of nitro groups is 1. The molecule has 3 aromatic heterocycles. The second kappa shape index (κ2) is 3.56. The average Bonchev–Trinajstić information content (AvgIpc) is 2.96. The van der Waals surface area contributed by atoms with Gasteiger partial charge < -0.3 is 11.5 Å². The van der Waals surface area contributed by atoms with Crippen molar-refractivity contribution in [2.75, 3.05) is 11.5 Å². The van der Waals surface area contributed by atoms with Gasteiger partial charge in [0.25, 0.3) is 5.65 Å². The van der Waals surface area contributed by atoms with Crippen molar-refractivity contribution in [3.8, 4) is 11.5 Å². The topological polar surface area (TPSA) is 193 Å². The van der Waals surface area contributed by atoms with Crippen LogP contribution in [-0.4, -0.2) is 45.4 Å². The van der Waals surface area contributed by atoms with E-state index in [1.807, 2.05) is 0 Å². The van der Waals surface area contributed by atoms with Crippen LogP contribution in [0.5, 0.6) is 0 Å². The van der Waals surface area contributed by atoms with Gasteiger partial charge in [0.15, 0.2) is 11.5 Å². The summed E-state index contributed by atoms with van der Waals surface area (Å²) in [7, 11) is 0. The molecule has 3 aromatic rings. The molecule has 5 N–H and O–H groups in total. The van der Waals surface area contributed by atoms with Crippen molar-refractivity contribution >= 4 is 23.0 Å². The van der Waals surface area contributed by atoms with Crippen molar-refractivity contribution in [2.45, 2.75) is 0 Å². The smallest absolute Gasteiger partial charge is 0.359 e. The van der Waals surface area contributed by atoms with Gasteiger partial charge in [-0.15, -0.1) is 25.5 Å². The number of aromatic amines is 1. The lowest BCUT2D eigenvalue weighted by Crippen LogP contribution is -2.06. The summed E-state index contributed by atoms with van der Waals surface area (Å²) < 4.78 is 1.01. The minimum Gasteiger partial charge on any atom is -0.382 e. The molecule has 0 unspecified atom stereocenters. The number of hydrogen-bond donors (Lipinski definition) is 3. The molecule has 96 valence electrons. The Labute approximate surface area is 102 Å². The highest BCUT2D eigenvalue weighted by molar-refractivity contribution is 5.75. The molecule has 0 radical (unpaired) electrons. The molecule has 0 aliphatic heterocycles. The first-order valence-electron chi connectivity index (χ1n) is 4.78. The molecular formula is C6H5N11O2. The maximum atomic E-state index is 10.8. The normalized spacial score (nSPS) is 10.9. The number of fused-ring (bicyclic) bond motifs is 1. The van der Waals surface area contributed by atoms with Crippen molar-refractivity contribution in [2.24, 2.45) is 0 Å². The SMILES string of the molecule is Nc1nn2c(N)c(-c3nn[nH]n3)nnc2c1[N+](=O)[O-]. The molecule has 0 fully saturated rings. The monoisotopic (exact) mass is 263 g/mol. The van der Waals surface area contributed by atoms with Crippen LogP contribution in [-0.2, 0) is 0 Å². The maximum Gasteiger partial charge on any atom is 0.359 e. The Bertz CT molecular complexity index is 774. The number of rotatable bonds is 2. The minimum atomic E-state index is -0.709. The second-order valence-electron chi connectivity index (χ2n) is 3.40. The van der Waals surface area contributed by atoms with E-state index >= 15 is 0 Å². The largest absolute Gasteiger partial charge is 0.382 e. The third kappa shape index (κ3) is 1.41. The van der Waals surface area contributed by atoms with Gasteiger partial charge in [-0.1, -0.05) is 0 Å². The van der Waals surface area contributed by atoms with Crippen LogP contribution in [0.3, 0.4) is 0 Å². The van der Waals surface area contributed by atoms with Gasteiger partial charge in [0.2, 0.25) is 11.6 Å². The third-order valence-electron chi connectivity index (χ3n) is 2.32. The molecule has 0 aromatic carbocycles. The molecule has 0 spiro atoms. The molecule has 13 nitrogen and oxygen atoms in total. The molecule has 0 aliphatic carbocycles. The number of tetrazole rings is 1. The fraction of sp³-hybridized carbons (Fsp3) is 0. The molecule has 19 heavy (non-hydrogen) atoms. The van der Waals surface area contributed by atoms with Crippen LogP contribution in [0, 0.1) is 10.1 Å². The Morgan fingerprint density at radius 1 is 1.26 bits per heavy atom. The van der Waals surface area contributed by atoms with Crippen LogP contribution < -0.4 is 11.5 Å². The van der Waals surface area contributed by atoms with Crippen molar-refractivity contribution in [3.63, 3.8) is 0 Å². The first-order valence-corrected chi connectivity index (χ1v) is 4.78. The molecule has 0 saturated heterocycles. The molecule has 0 atom stereocenters. The summed E-state index contributed by atoms with van der Waals surface area (Å²) in [5.74, 6) is -0.258. The molecule has 0 amide bonds. The summed E-state index contributed by atoms with van der Waals surface area (Å²) in [6, 6.07) is 0. The van der Waals surface area contributed by atoms with Crippen LogP contribution in [0.1, 0.15) is 0 Å². The van der Waals surface area contributed by atoms with Gasteiger partial charge in [-0.2, -0.15) is 9.73 Å². The lowest BCUT2D eigenvalue weighted by atomic mass is 10.4. The van der Waals surface area contributed by atoms with Crippen molar-refractivity contribution in [3.05, 3.63) is 10.1 Å². The predicted octanol–water partition coefficient (Wildman–Crippen LogP) is -1.62. The van der Waals surface area contributed by atoms with E-state index in [1.54, 1.807) is 0 Å². The quantitative estimate of drug-likeness (QED) is 0.357. The average molecular weight is 263 g/mol. The van der Waals surface area contributed by atoms with E-state index in [4.69, 9.17) is 11.5 Å². The van der Waals surface area contributed by atoms with Crippen LogP contribution in [0.2, 0.25) is 0 Å². The summed E-state index contributed by atoms with van der Waals surface area (Å²) in [6.45, 7) is 0. The van der Waals surface area contributed by atoms with Crippen LogP contribution in [0.15, 0.2) is 0 Å². The minimum absolute atomic E-state index is 0.0359. The summed E-state index contributed by atoms with van der Waals surface area (Å²) in [5, 5.41) is 34.9. The fourth-order valence-corrected chi connectivity index (χ4v) is 1.52. The fourth-order valence-electron chi connectivity index (χ4n) is 1.52. The Morgan fingerprint density at radius 2 is 2.05 bits per heavy atom. The molecule has 3 heterocycles.